The van der Waals surface area contributed by atoms with Crippen LogP contribution in [-0.4, -0.2) is 49.3 Å². The maximum Gasteiger partial charge on any atom is 0.226 e. The van der Waals surface area contributed by atoms with Crippen molar-refractivity contribution in [3.8, 4) is 0 Å². The predicted octanol–water partition coefficient (Wildman–Crippen LogP) is 5.83. The van der Waals surface area contributed by atoms with Gasteiger partial charge in [-0.1, -0.05) is 59.1 Å². The van der Waals surface area contributed by atoms with Gasteiger partial charge in [-0.15, -0.1) is 0 Å². The van der Waals surface area contributed by atoms with Crippen LogP contribution >= 0.6 is 0 Å². The van der Waals surface area contributed by atoms with Gasteiger partial charge in [0.1, 0.15) is 0 Å². The number of nitrogens with one attached hydrogen (secondary N) is 2. The first kappa shape index (κ1) is 28.4. The van der Waals surface area contributed by atoms with E-state index in [-0.39, 0.29) is 17.1 Å². The Balaban J connectivity index is 2.12. The third-order valence-corrected chi connectivity index (χ3v) is 8.02. The number of carbonyl (C=O) groups is 2. The van der Waals surface area contributed by atoms with Crippen molar-refractivity contribution in [1.29, 1.82) is 0 Å². The van der Waals surface area contributed by atoms with Crippen molar-refractivity contribution in [2.24, 2.45) is 11.3 Å². The van der Waals surface area contributed by atoms with Crippen LogP contribution in [0.4, 0.5) is 5.69 Å². The van der Waals surface area contributed by atoms with Gasteiger partial charge in [0.05, 0.1) is 6.04 Å². The summed E-state index contributed by atoms with van der Waals surface area (Å²) in [5.41, 5.74) is 1.84. The van der Waals surface area contributed by atoms with Crippen molar-refractivity contribution in [1.82, 2.24) is 10.2 Å². The van der Waals surface area contributed by atoms with Gasteiger partial charge in [0.25, 0.3) is 0 Å². The number of carbonyl (C=O) groups excluding carboxylic acids is 2. The number of rotatable bonds is 16. The first-order valence-corrected chi connectivity index (χ1v) is 13.7. The molecule has 2 atom stereocenters. The second-order valence-corrected chi connectivity index (χ2v) is 10.3. The van der Waals surface area contributed by atoms with Crippen LogP contribution in [0.25, 0.3) is 0 Å². The lowest BCUT2D eigenvalue weighted by atomic mass is 9.78. The Morgan fingerprint density at radius 2 is 1.71 bits per heavy atom. The van der Waals surface area contributed by atoms with E-state index in [0.717, 1.165) is 82.3 Å². The highest BCUT2D eigenvalue weighted by Gasteiger charge is 2.42. The van der Waals surface area contributed by atoms with Crippen molar-refractivity contribution < 1.29 is 9.59 Å². The number of amides is 1. The number of Topliss-reactive ketones (excluding diaryl/α,β-unsaturated/α-hetero) is 1. The van der Waals surface area contributed by atoms with E-state index >= 15 is 0 Å². The molecule has 0 bridgehead atoms. The summed E-state index contributed by atoms with van der Waals surface area (Å²) >= 11 is 0. The lowest BCUT2D eigenvalue weighted by molar-refractivity contribution is -0.135. The molecule has 5 nitrogen and oxygen atoms in total. The lowest BCUT2D eigenvalue weighted by Crippen LogP contribution is -2.49. The molecule has 1 saturated carbocycles. The number of nitrogens with zero attached hydrogens (tertiary/aromatic N) is 1. The zero-order valence-electron chi connectivity index (χ0n) is 22.4. The molecule has 2 unspecified atom stereocenters. The Morgan fingerprint density at radius 1 is 1.06 bits per heavy atom. The average molecular weight is 472 g/mol. The van der Waals surface area contributed by atoms with Gasteiger partial charge in [0.15, 0.2) is 5.78 Å². The monoisotopic (exact) mass is 471 g/mol. The van der Waals surface area contributed by atoms with Gasteiger partial charge in [-0.25, -0.2) is 0 Å². The molecular weight excluding hydrogens is 422 g/mol. The molecular formula is C29H49N3O2. The molecule has 0 aliphatic heterocycles. The molecule has 0 saturated heterocycles. The van der Waals surface area contributed by atoms with E-state index in [1.807, 2.05) is 19.2 Å². The third-order valence-electron chi connectivity index (χ3n) is 8.02. The van der Waals surface area contributed by atoms with Gasteiger partial charge in [0.2, 0.25) is 5.91 Å². The number of anilines is 1. The summed E-state index contributed by atoms with van der Waals surface area (Å²) in [7, 11) is 1.90. The van der Waals surface area contributed by atoms with Gasteiger partial charge in [0, 0.05) is 24.6 Å². The van der Waals surface area contributed by atoms with Crippen LogP contribution in [0.5, 0.6) is 0 Å². The van der Waals surface area contributed by atoms with Gasteiger partial charge in [-0.3, -0.25) is 9.59 Å². The van der Waals surface area contributed by atoms with E-state index in [1.165, 1.54) is 0 Å². The van der Waals surface area contributed by atoms with Gasteiger partial charge >= 0.3 is 0 Å². The number of ketones is 1. The summed E-state index contributed by atoms with van der Waals surface area (Å²) in [5.74, 6) is 0.906. The molecule has 0 heterocycles. The van der Waals surface area contributed by atoms with Crippen LogP contribution in [-0.2, 0) is 16.0 Å². The molecule has 34 heavy (non-hydrogen) atoms. The first-order valence-electron chi connectivity index (χ1n) is 13.7. The Kier molecular flexibility index (Phi) is 12.1. The number of hydrogen-bond acceptors (Lipinski definition) is 4. The summed E-state index contributed by atoms with van der Waals surface area (Å²) in [6.07, 6.45) is 9.20. The zero-order valence-corrected chi connectivity index (χ0v) is 22.4. The fourth-order valence-electron chi connectivity index (χ4n) is 5.16. The van der Waals surface area contributed by atoms with Crippen molar-refractivity contribution in [2.45, 2.75) is 97.9 Å². The summed E-state index contributed by atoms with van der Waals surface area (Å²) in [6, 6.07) is 7.73. The van der Waals surface area contributed by atoms with Crippen LogP contribution in [0.15, 0.2) is 24.3 Å². The molecule has 0 aromatic heterocycles. The molecule has 2 N–H and O–H groups in total. The first-order chi connectivity index (χ1) is 16.4. The van der Waals surface area contributed by atoms with E-state index in [1.54, 1.807) is 0 Å². The zero-order chi connectivity index (χ0) is 25.0. The lowest BCUT2D eigenvalue weighted by Gasteiger charge is -2.31. The molecule has 1 aromatic rings. The Bertz CT molecular complexity index is 736. The van der Waals surface area contributed by atoms with Crippen molar-refractivity contribution in [3.63, 3.8) is 0 Å². The molecule has 5 heteroatoms. The largest absolute Gasteiger partial charge is 0.388 e. The minimum atomic E-state index is -0.453. The molecule has 1 fully saturated rings. The molecule has 1 amide bonds. The molecule has 0 radical (unpaired) electrons. The molecule has 192 valence electrons. The van der Waals surface area contributed by atoms with Crippen LogP contribution in [0.3, 0.4) is 0 Å². The maximum absolute atomic E-state index is 13.7. The second kappa shape index (κ2) is 14.5. The maximum atomic E-state index is 13.7. The number of benzene rings is 1. The Hall–Kier alpha value is -1.88. The van der Waals surface area contributed by atoms with Gasteiger partial charge in [-0.05, 0) is 81.8 Å². The fraction of sp³-hybridized carbons (Fsp3) is 0.724. The summed E-state index contributed by atoms with van der Waals surface area (Å²) in [6.45, 7) is 11.7. The second-order valence-electron chi connectivity index (χ2n) is 10.3. The molecule has 1 aliphatic carbocycles. The quantitative estimate of drug-likeness (QED) is 0.318. The highest BCUT2D eigenvalue weighted by atomic mass is 16.2. The van der Waals surface area contributed by atoms with Crippen LogP contribution in [0.1, 0.15) is 91.0 Å². The van der Waals surface area contributed by atoms with E-state index in [4.69, 9.17) is 0 Å². The van der Waals surface area contributed by atoms with Crippen molar-refractivity contribution in [2.75, 3.05) is 32.0 Å². The Labute approximate surface area is 208 Å². The van der Waals surface area contributed by atoms with Crippen molar-refractivity contribution >= 4 is 17.4 Å². The standard InChI is InChI=1S/C29H49N3O2/c1-6-23(4)17-20-29(18-9-10-19-29)28(34)31-26(22-24-13-15-25(30-5)16-14-24)27(33)12-11-21-32(7-2)8-3/h13-16,23,26,30H,6-12,17-22H2,1-5H3,(H,31,34). The molecule has 1 aromatic carbocycles. The average Bonchev–Trinajstić information content (AvgIpc) is 3.35. The number of hydrogen-bond donors (Lipinski definition) is 2. The highest BCUT2D eigenvalue weighted by molar-refractivity contribution is 5.91. The SMILES string of the molecule is CCC(C)CCC1(C(=O)NC(Cc2ccc(NC)cc2)C(=O)CCCN(CC)CC)CCCC1. The van der Waals surface area contributed by atoms with Crippen molar-refractivity contribution in [3.05, 3.63) is 29.8 Å². The molecule has 2 rings (SSSR count). The molecule has 0 spiro atoms. The van der Waals surface area contributed by atoms with Gasteiger partial charge in [-0.2, -0.15) is 0 Å². The smallest absolute Gasteiger partial charge is 0.226 e. The highest BCUT2D eigenvalue weighted by Crippen LogP contribution is 2.43. The summed E-state index contributed by atoms with van der Waals surface area (Å²) in [5, 5.41) is 6.41. The van der Waals surface area contributed by atoms with Crippen LogP contribution < -0.4 is 10.6 Å². The minimum Gasteiger partial charge on any atom is -0.388 e. The van der Waals surface area contributed by atoms with E-state index in [9.17, 15) is 9.59 Å². The minimum absolute atomic E-state index is 0.113. The van der Waals surface area contributed by atoms with E-state index in [2.05, 4.69) is 55.4 Å². The van der Waals surface area contributed by atoms with Crippen LogP contribution in [0.2, 0.25) is 0 Å². The van der Waals surface area contributed by atoms with Gasteiger partial charge < -0.3 is 15.5 Å². The predicted molar refractivity (Wildman–Crippen MR) is 143 cm³/mol. The third kappa shape index (κ3) is 8.41. The topological polar surface area (TPSA) is 61.4 Å². The summed E-state index contributed by atoms with van der Waals surface area (Å²) in [4.78, 5) is 29.4. The van der Waals surface area contributed by atoms with E-state index < -0.39 is 6.04 Å². The Morgan fingerprint density at radius 3 is 2.26 bits per heavy atom. The summed E-state index contributed by atoms with van der Waals surface area (Å²) < 4.78 is 0. The van der Waals surface area contributed by atoms with E-state index in [0.29, 0.717) is 18.8 Å². The van der Waals surface area contributed by atoms with Crippen LogP contribution in [0, 0.1) is 11.3 Å². The molecule has 1 aliphatic rings. The fourth-order valence-corrected chi connectivity index (χ4v) is 5.16. The normalized spacial score (nSPS) is 16.9.